The number of allylic oxidation sites excluding steroid dienone is 2. The van der Waals surface area contributed by atoms with Gasteiger partial charge in [-0.15, -0.1) is 0 Å². The van der Waals surface area contributed by atoms with Gasteiger partial charge >= 0.3 is 0 Å². The lowest BCUT2D eigenvalue weighted by atomic mass is 10.1. The first-order valence-corrected chi connectivity index (χ1v) is 6.13. The van der Waals surface area contributed by atoms with E-state index in [2.05, 4.69) is 0 Å². The second-order valence-corrected chi connectivity index (χ2v) is 4.51. The van der Waals surface area contributed by atoms with Crippen molar-refractivity contribution < 1.29 is 19.1 Å². The Bertz CT molecular complexity index is 734. The van der Waals surface area contributed by atoms with E-state index >= 15 is 0 Å². The van der Waals surface area contributed by atoms with Crippen LogP contribution in [0.4, 0.5) is 0 Å². The Labute approximate surface area is 114 Å². The fraction of sp³-hybridized carbons (Fsp3) is 0. The van der Waals surface area contributed by atoms with E-state index in [4.69, 9.17) is 9.47 Å². The van der Waals surface area contributed by atoms with Gasteiger partial charge in [0.1, 0.15) is 11.5 Å². The van der Waals surface area contributed by atoms with Crippen molar-refractivity contribution in [3.63, 3.8) is 0 Å². The fourth-order valence-electron chi connectivity index (χ4n) is 2.34. The Morgan fingerprint density at radius 2 is 1.00 bits per heavy atom. The molecule has 0 radical (unpaired) electrons. The van der Waals surface area contributed by atoms with Gasteiger partial charge in [-0.3, -0.25) is 9.59 Å². The van der Waals surface area contributed by atoms with Gasteiger partial charge in [0.2, 0.25) is 23.1 Å². The summed E-state index contributed by atoms with van der Waals surface area (Å²) in [6, 6.07) is 13.7. The summed E-state index contributed by atoms with van der Waals surface area (Å²) in [5.41, 5.74) is 0.893. The Balaban J connectivity index is 1.85. The minimum Gasteiger partial charge on any atom is -0.448 e. The molecule has 0 unspecified atom stereocenters. The third-order valence-corrected chi connectivity index (χ3v) is 3.31. The summed E-state index contributed by atoms with van der Waals surface area (Å²) in [5.74, 6) is 0.188. The van der Waals surface area contributed by atoms with E-state index in [1.807, 2.05) is 0 Å². The molecule has 0 atom stereocenters. The number of benzene rings is 2. The maximum atomic E-state index is 12.3. The van der Waals surface area contributed by atoms with Crippen LogP contribution in [-0.4, -0.2) is 11.6 Å². The molecule has 0 N–H and O–H groups in total. The zero-order valence-corrected chi connectivity index (χ0v) is 10.3. The number of ether oxygens (including phenoxy) is 2. The third-order valence-electron chi connectivity index (χ3n) is 3.31. The monoisotopic (exact) mass is 264 g/mol. The second kappa shape index (κ2) is 3.81. The highest BCUT2D eigenvalue weighted by Crippen LogP contribution is 2.37. The molecule has 4 rings (SSSR count). The Hall–Kier alpha value is -2.88. The molecule has 96 valence electrons. The van der Waals surface area contributed by atoms with Gasteiger partial charge in [0.25, 0.3) is 0 Å². The molecule has 0 saturated heterocycles. The molecule has 4 nitrogen and oxygen atoms in total. The molecule has 0 amide bonds. The molecule has 0 aromatic heterocycles. The predicted octanol–water partition coefficient (Wildman–Crippen LogP) is 2.75. The lowest BCUT2D eigenvalue weighted by Gasteiger charge is -2.01. The first kappa shape index (κ1) is 11.0. The van der Waals surface area contributed by atoms with Gasteiger partial charge in [0, 0.05) is 0 Å². The van der Waals surface area contributed by atoms with E-state index in [1.165, 1.54) is 0 Å². The van der Waals surface area contributed by atoms with Crippen molar-refractivity contribution in [1.29, 1.82) is 0 Å². The van der Waals surface area contributed by atoms with E-state index in [-0.39, 0.29) is 23.1 Å². The zero-order valence-electron chi connectivity index (χ0n) is 10.3. The first-order chi connectivity index (χ1) is 9.75. The van der Waals surface area contributed by atoms with Gasteiger partial charge in [0.05, 0.1) is 11.1 Å². The highest BCUT2D eigenvalue weighted by atomic mass is 16.5. The van der Waals surface area contributed by atoms with Gasteiger partial charge in [0.15, 0.2) is 0 Å². The van der Waals surface area contributed by atoms with Crippen LogP contribution in [0.5, 0.6) is 11.5 Å². The number of ketones is 2. The molecular formula is C16H8O4. The van der Waals surface area contributed by atoms with Gasteiger partial charge in [-0.25, -0.2) is 0 Å². The maximum absolute atomic E-state index is 12.3. The van der Waals surface area contributed by atoms with E-state index < -0.39 is 0 Å². The normalized spacial score (nSPS) is 19.4. The molecule has 20 heavy (non-hydrogen) atoms. The molecule has 2 aromatic carbocycles. The largest absolute Gasteiger partial charge is 0.448 e. The van der Waals surface area contributed by atoms with E-state index in [1.54, 1.807) is 48.5 Å². The quantitative estimate of drug-likeness (QED) is 0.686. The van der Waals surface area contributed by atoms with Crippen LogP contribution in [0, 0.1) is 0 Å². The Morgan fingerprint density at radius 3 is 1.40 bits per heavy atom. The Morgan fingerprint density at radius 1 is 0.600 bits per heavy atom. The van der Waals surface area contributed by atoms with Crippen molar-refractivity contribution in [2.45, 2.75) is 0 Å². The minimum absolute atomic E-state index is 0.0348. The number of hydrogen-bond donors (Lipinski definition) is 0. The van der Waals surface area contributed by atoms with Crippen LogP contribution in [0.2, 0.25) is 0 Å². The Kier molecular flexibility index (Phi) is 2.09. The zero-order chi connectivity index (χ0) is 13.7. The smallest absolute Gasteiger partial charge is 0.236 e. The number of rotatable bonds is 0. The molecule has 0 spiro atoms. The molecule has 0 bridgehead atoms. The summed E-state index contributed by atoms with van der Waals surface area (Å²) >= 11 is 0. The fourth-order valence-corrected chi connectivity index (χ4v) is 2.34. The molecule has 2 aliphatic rings. The molecule has 2 aliphatic heterocycles. The highest BCUT2D eigenvalue weighted by Gasteiger charge is 2.38. The number of carbonyl (C=O) groups is 2. The standard InChI is InChI=1S/C16H8O4/c17-13-9-5-1-3-7-11(9)19-15(13)16-14(18)10-6-2-4-8-12(10)20-16/h1-8H/b16-15+. The second-order valence-electron chi connectivity index (χ2n) is 4.51. The van der Waals surface area contributed by atoms with E-state index in [0.29, 0.717) is 22.6 Å². The highest BCUT2D eigenvalue weighted by molar-refractivity contribution is 6.20. The van der Waals surface area contributed by atoms with E-state index in [0.717, 1.165) is 0 Å². The van der Waals surface area contributed by atoms with Crippen LogP contribution in [-0.2, 0) is 0 Å². The summed E-state index contributed by atoms with van der Waals surface area (Å²) in [6.07, 6.45) is 0. The lowest BCUT2D eigenvalue weighted by Crippen LogP contribution is -2.10. The molecule has 2 heterocycles. The summed E-state index contributed by atoms with van der Waals surface area (Å²) in [7, 11) is 0. The van der Waals surface area contributed by atoms with Crippen LogP contribution >= 0.6 is 0 Å². The molecule has 0 saturated carbocycles. The van der Waals surface area contributed by atoms with Crippen LogP contribution in [0.15, 0.2) is 60.0 Å². The SMILES string of the molecule is O=C1/C(=C2\Oc3ccccc3C2=O)Oc2ccccc21. The van der Waals surface area contributed by atoms with Crippen LogP contribution in [0.3, 0.4) is 0 Å². The lowest BCUT2D eigenvalue weighted by molar-refractivity contribution is 0.0960. The van der Waals surface area contributed by atoms with Crippen LogP contribution in [0.25, 0.3) is 0 Å². The summed E-state index contributed by atoms with van der Waals surface area (Å²) in [4.78, 5) is 24.5. The van der Waals surface area contributed by atoms with Crippen molar-refractivity contribution in [3.05, 3.63) is 71.2 Å². The summed E-state index contributed by atoms with van der Waals surface area (Å²) in [5, 5.41) is 0. The third kappa shape index (κ3) is 1.36. The molecule has 0 aliphatic carbocycles. The van der Waals surface area contributed by atoms with Crippen molar-refractivity contribution in [1.82, 2.24) is 0 Å². The van der Waals surface area contributed by atoms with Crippen molar-refractivity contribution in [3.8, 4) is 11.5 Å². The average molecular weight is 264 g/mol. The summed E-state index contributed by atoms with van der Waals surface area (Å²) < 4.78 is 11.0. The van der Waals surface area contributed by atoms with Gasteiger partial charge in [-0.05, 0) is 24.3 Å². The molecule has 2 aromatic rings. The minimum atomic E-state index is -0.322. The van der Waals surface area contributed by atoms with Crippen LogP contribution in [0.1, 0.15) is 20.7 Å². The average Bonchev–Trinajstić information content (AvgIpc) is 2.98. The first-order valence-electron chi connectivity index (χ1n) is 6.13. The van der Waals surface area contributed by atoms with Crippen LogP contribution < -0.4 is 9.47 Å². The predicted molar refractivity (Wildman–Crippen MR) is 69.8 cm³/mol. The molecule has 0 fully saturated rings. The topological polar surface area (TPSA) is 52.6 Å². The number of fused-ring (bicyclic) bond motifs is 2. The number of Topliss-reactive ketones (excluding diaryl/α,β-unsaturated/α-hetero) is 2. The van der Waals surface area contributed by atoms with Crippen molar-refractivity contribution in [2.24, 2.45) is 0 Å². The van der Waals surface area contributed by atoms with Gasteiger partial charge < -0.3 is 9.47 Å². The molecule has 4 heteroatoms. The van der Waals surface area contributed by atoms with Crippen molar-refractivity contribution in [2.75, 3.05) is 0 Å². The number of hydrogen-bond acceptors (Lipinski definition) is 4. The number of carbonyl (C=O) groups excluding carboxylic acids is 2. The van der Waals surface area contributed by atoms with E-state index in [9.17, 15) is 9.59 Å². The summed E-state index contributed by atoms with van der Waals surface area (Å²) in [6.45, 7) is 0. The maximum Gasteiger partial charge on any atom is 0.236 e. The molecular weight excluding hydrogens is 256 g/mol. The van der Waals surface area contributed by atoms with Crippen molar-refractivity contribution >= 4 is 11.6 Å². The van der Waals surface area contributed by atoms with Gasteiger partial charge in [-0.2, -0.15) is 0 Å². The number of para-hydroxylation sites is 2. The van der Waals surface area contributed by atoms with Gasteiger partial charge in [-0.1, -0.05) is 24.3 Å².